The molecule has 2 aliphatic heterocycles. The molecular formula is C41H42N6O8S4. The van der Waals surface area contributed by atoms with Crippen LogP contribution in [0.25, 0.3) is 41.6 Å². The first-order valence-corrected chi connectivity index (χ1v) is 21.6. The van der Waals surface area contributed by atoms with Crippen molar-refractivity contribution < 1.29 is 38.3 Å². The van der Waals surface area contributed by atoms with Crippen molar-refractivity contribution in [1.82, 2.24) is 20.2 Å². The molecule has 0 aliphatic carbocycles. The van der Waals surface area contributed by atoms with E-state index in [0.717, 1.165) is 71.3 Å². The number of fused-ring (bicyclic) bond motifs is 4. The molecule has 8 rings (SSSR count). The molecule has 0 atom stereocenters. The lowest BCUT2D eigenvalue weighted by Gasteiger charge is -2.30. The number of thiophene rings is 2. The van der Waals surface area contributed by atoms with Crippen molar-refractivity contribution >= 4 is 106 Å². The Hall–Kier alpha value is -5.45. The number of rotatable bonds is 4. The van der Waals surface area contributed by atoms with E-state index in [2.05, 4.69) is 66.2 Å². The van der Waals surface area contributed by atoms with Gasteiger partial charge in [0.25, 0.3) is 0 Å². The minimum Gasteiger partial charge on any atom is -0.444 e. The highest BCUT2D eigenvalue weighted by atomic mass is 32.1. The third-order valence-electron chi connectivity index (χ3n) is 8.73. The lowest BCUT2D eigenvalue weighted by molar-refractivity contribution is -0.193. The molecule has 18 heteroatoms. The zero-order valence-electron chi connectivity index (χ0n) is 33.4. The fraction of sp³-hybridized carbons (Fsp3) is 0.341. The molecule has 0 saturated heterocycles. The van der Waals surface area contributed by atoms with Crippen LogP contribution in [0.1, 0.15) is 66.6 Å². The van der Waals surface area contributed by atoms with Crippen molar-refractivity contribution in [3.05, 3.63) is 68.4 Å². The van der Waals surface area contributed by atoms with Crippen molar-refractivity contribution in [3.8, 4) is 21.1 Å². The molecular weight excluding hydrogens is 833 g/mol. The highest BCUT2D eigenvalue weighted by Gasteiger charge is 2.31. The molecule has 0 radical (unpaired) electrons. The van der Waals surface area contributed by atoms with Crippen molar-refractivity contribution in [2.75, 3.05) is 23.7 Å². The maximum Gasteiger partial charge on any atom is 0.410 e. The van der Waals surface area contributed by atoms with Gasteiger partial charge in [-0.25, -0.2) is 14.8 Å². The van der Waals surface area contributed by atoms with Gasteiger partial charge in [-0.15, -0.1) is 45.3 Å². The van der Waals surface area contributed by atoms with Crippen LogP contribution >= 0.6 is 45.3 Å². The Balaban J connectivity index is 0.000000203. The zero-order valence-corrected chi connectivity index (χ0v) is 36.7. The summed E-state index contributed by atoms with van der Waals surface area (Å²) in [6.45, 7) is 15.7. The van der Waals surface area contributed by atoms with Crippen molar-refractivity contribution in [1.29, 1.82) is 0 Å². The van der Waals surface area contributed by atoms with Gasteiger partial charge in [0.15, 0.2) is 0 Å². The minimum atomic E-state index is -0.529. The van der Waals surface area contributed by atoms with Crippen LogP contribution in [0.15, 0.2) is 36.4 Å². The van der Waals surface area contributed by atoms with E-state index >= 15 is 0 Å². The number of nitrogens with one attached hydrogen (secondary N) is 3. The zero-order chi connectivity index (χ0) is 43.0. The van der Waals surface area contributed by atoms with E-state index in [1.54, 1.807) is 45.8 Å². The first-order chi connectivity index (χ1) is 28.0. The number of nitrogens with zero attached hydrogens (tertiary/aromatic N) is 3. The summed E-state index contributed by atoms with van der Waals surface area (Å²) < 4.78 is 7.85. The number of hydrogen-bond donors (Lipinski definition) is 3. The van der Waals surface area contributed by atoms with Crippen LogP contribution in [0.3, 0.4) is 0 Å². The fourth-order valence-corrected chi connectivity index (χ4v) is 11.2. The largest absolute Gasteiger partial charge is 0.444 e. The molecule has 4 aromatic heterocycles. The molecule has 6 heterocycles. The Morgan fingerprint density at radius 1 is 0.746 bits per heavy atom. The average molecular weight is 875 g/mol. The van der Waals surface area contributed by atoms with Gasteiger partial charge in [-0.1, -0.05) is 12.1 Å². The topological polar surface area (TPSA) is 194 Å². The maximum atomic E-state index is 12.5. The molecule has 2 aromatic carbocycles. The van der Waals surface area contributed by atoms with Gasteiger partial charge in [0.05, 0.1) is 27.0 Å². The number of aryl methyl sites for hydroxylation is 2. The van der Waals surface area contributed by atoms with E-state index in [0.29, 0.717) is 19.5 Å². The molecule has 14 nitrogen and oxygen atoms in total. The summed E-state index contributed by atoms with van der Waals surface area (Å²) in [6, 6.07) is 12.6. The van der Waals surface area contributed by atoms with Crippen LogP contribution in [0.2, 0.25) is 0 Å². The molecule has 2 aliphatic rings. The molecule has 3 N–H and O–H groups in total. The number of carbonyl (C=O) groups excluding carboxylic acids is 7. The number of thiazole rings is 2. The van der Waals surface area contributed by atoms with E-state index in [9.17, 15) is 14.4 Å². The Labute approximate surface area is 356 Å². The monoisotopic (exact) mass is 874 g/mol. The van der Waals surface area contributed by atoms with Gasteiger partial charge in [0.1, 0.15) is 25.6 Å². The number of ether oxygens (including phenoxy) is 1. The number of amides is 3. The van der Waals surface area contributed by atoms with Crippen molar-refractivity contribution in [2.45, 2.75) is 80.0 Å². The molecule has 0 bridgehead atoms. The average Bonchev–Trinajstić information content (AvgIpc) is 3.92. The highest BCUT2D eigenvalue weighted by molar-refractivity contribution is 7.23. The molecule has 0 unspecified atom stereocenters. The smallest absolute Gasteiger partial charge is 0.410 e. The Morgan fingerprint density at radius 3 is 1.69 bits per heavy atom. The molecule has 6 aromatic rings. The number of anilines is 2. The maximum absolute atomic E-state index is 12.5. The first-order valence-electron chi connectivity index (χ1n) is 18.3. The van der Waals surface area contributed by atoms with Crippen molar-refractivity contribution in [3.63, 3.8) is 0 Å². The summed E-state index contributed by atoms with van der Waals surface area (Å²) in [5.74, 6) is -0.148. The molecule has 0 saturated carbocycles. The number of hydrogen-bond acceptors (Lipinski definition) is 15. The minimum absolute atomic E-state index is 0.0326. The number of carbonyl (C=O) groups is 3. The summed E-state index contributed by atoms with van der Waals surface area (Å²) in [4.78, 5) is 82.3. The van der Waals surface area contributed by atoms with Gasteiger partial charge in [-0.3, -0.25) is 9.59 Å². The predicted octanol–water partition coefficient (Wildman–Crippen LogP) is 8.36. The quantitative estimate of drug-likeness (QED) is 0.154. The third-order valence-corrected chi connectivity index (χ3v) is 13.1. The van der Waals surface area contributed by atoms with E-state index in [4.69, 9.17) is 33.9 Å². The van der Waals surface area contributed by atoms with E-state index < -0.39 is 5.60 Å². The molecule has 0 fully saturated rings. The fourth-order valence-electron chi connectivity index (χ4n) is 6.46. The van der Waals surface area contributed by atoms with Crippen LogP contribution in [0.5, 0.6) is 0 Å². The second-order valence-corrected chi connectivity index (χ2v) is 18.8. The van der Waals surface area contributed by atoms with E-state index in [1.165, 1.54) is 50.1 Å². The van der Waals surface area contributed by atoms with Gasteiger partial charge in [-0.2, -0.15) is 19.2 Å². The second kappa shape index (κ2) is 19.5. The number of aromatic nitrogens is 2. The highest BCUT2D eigenvalue weighted by Crippen LogP contribution is 2.47. The summed E-state index contributed by atoms with van der Waals surface area (Å²) in [7, 11) is 0. The van der Waals surface area contributed by atoms with Crippen molar-refractivity contribution in [2.24, 2.45) is 0 Å². The van der Waals surface area contributed by atoms with Gasteiger partial charge < -0.3 is 25.6 Å². The van der Waals surface area contributed by atoms with E-state index in [1.807, 2.05) is 20.8 Å². The summed E-state index contributed by atoms with van der Waals surface area (Å²) in [6.07, 6.45) is 1.88. The summed E-state index contributed by atoms with van der Waals surface area (Å²) in [5.41, 5.74) is 8.48. The Morgan fingerprint density at radius 2 is 1.22 bits per heavy atom. The van der Waals surface area contributed by atoms with Gasteiger partial charge in [-0.05, 0) is 101 Å². The lowest BCUT2D eigenvalue weighted by atomic mass is 10.0. The predicted molar refractivity (Wildman–Crippen MR) is 230 cm³/mol. The Kier molecular flexibility index (Phi) is 14.8. The number of benzene rings is 2. The molecule has 3 amide bonds. The second-order valence-electron chi connectivity index (χ2n) is 14.5. The van der Waals surface area contributed by atoms with Crippen LogP contribution < -0.4 is 16.0 Å². The van der Waals surface area contributed by atoms with Crippen LogP contribution in [0, 0.1) is 13.8 Å². The molecule has 0 spiro atoms. The normalized spacial score (nSPS) is 12.8. The third kappa shape index (κ3) is 11.2. The van der Waals surface area contributed by atoms with Crippen LogP contribution in [-0.2, 0) is 59.4 Å². The van der Waals surface area contributed by atoms with Gasteiger partial charge in [0.2, 0.25) is 11.8 Å². The summed E-state index contributed by atoms with van der Waals surface area (Å²) in [5, 5.41) is 13.0. The lowest BCUT2D eigenvalue weighted by Crippen LogP contribution is -2.39. The van der Waals surface area contributed by atoms with Gasteiger partial charge in [0, 0.05) is 47.8 Å². The van der Waals surface area contributed by atoms with Gasteiger partial charge >= 0.3 is 18.4 Å². The first kappa shape index (κ1) is 44.6. The van der Waals surface area contributed by atoms with Crippen LogP contribution in [0.4, 0.5) is 14.8 Å². The SMILES string of the molecule is CC(=O)Nc1sc2c(c1-c1nc3cc(C)ccc3s1)CCN(C(=O)OC(C)(C)C)C2.CC(=O)Nc1sc2c(c1-c1nc3cc(C)ccc3s1)CCNC2.O=C=O.O=C=O. The Bertz CT molecular complexity index is 2570. The van der Waals surface area contributed by atoms with Crippen LogP contribution in [-0.4, -0.2) is 63.8 Å². The molecule has 59 heavy (non-hydrogen) atoms. The molecule has 308 valence electrons. The summed E-state index contributed by atoms with van der Waals surface area (Å²) >= 11 is 6.53. The van der Waals surface area contributed by atoms with E-state index in [-0.39, 0.29) is 30.2 Å². The standard InChI is InChI=1S/C22H25N3O3S2.C17H17N3OS2.2CO2/c1-12-6-7-16-15(10-12)24-20(29-16)18-14-8-9-25(21(27)28-22(3,4)5)11-17(14)30-19(18)23-13(2)26;1-9-3-4-13-12(7-9)20-17(22-13)15-11-5-6-18-8-14(11)23-16(15)19-10(2)21;2*2-1-3/h6-7,10H,8-9,11H2,1-5H3,(H,23,26);3-4,7,18H,5-6,8H2,1-2H3,(H,19,21);;.